The van der Waals surface area contributed by atoms with E-state index in [4.69, 9.17) is 33.9 Å². The maximum Gasteiger partial charge on any atom is 0.262 e. The fraction of sp³-hybridized carbons (Fsp3) is 0.167. The normalized spacial score (nSPS) is 11.7. The van der Waals surface area contributed by atoms with E-state index in [9.17, 15) is 12.8 Å². The molecule has 0 amide bonds. The van der Waals surface area contributed by atoms with Crippen molar-refractivity contribution in [3.05, 3.63) is 46.0 Å². The molecule has 0 bridgehead atoms. The van der Waals surface area contributed by atoms with Crippen molar-refractivity contribution < 1.29 is 12.8 Å². The molecular weight excluding hydrogens is 362 g/mol. The first-order valence-corrected chi connectivity index (χ1v) is 8.73. The summed E-state index contributed by atoms with van der Waals surface area (Å²) in [6.07, 6.45) is 1.41. The summed E-state index contributed by atoms with van der Waals surface area (Å²) in [5.41, 5.74) is 1.19. The van der Waals surface area contributed by atoms with Gasteiger partial charge in [0.15, 0.2) is 5.82 Å². The highest BCUT2D eigenvalue weighted by Gasteiger charge is 2.14. The van der Waals surface area contributed by atoms with E-state index in [1.54, 1.807) is 11.6 Å². The Morgan fingerprint density at radius 3 is 2.29 bits per heavy atom. The minimum Gasteiger partial charge on any atom is -0.379 e. The first-order valence-electron chi connectivity index (χ1n) is 5.67. The van der Waals surface area contributed by atoms with Gasteiger partial charge in [-0.05, 0) is 18.2 Å². The maximum atomic E-state index is 13.3. The van der Waals surface area contributed by atoms with Crippen LogP contribution in [0.4, 0.5) is 10.1 Å². The third-order valence-electron chi connectivity index (χ3n) is 2.82. The lowest BCUT2D eigenvalue weighted by atomic mass is 10.3. The molecule has 21 heavy (non-hydrogen) atoms. The Kier molecular flexibility index (Phi) is 4.72. The molecule has 2 aromatic rings. The summed E-state index contributed by atoms with van der Waals surface area (Å²) in [6.45, 7) is 0.293. The first kappa shape index (κ1) is 16.4. The fourth-order valence-electron chi connectivity index (χ4n) is 1.74. The SMILES string of the molecule is Cn1cc(S(=O)(=O)Cl)cc1CNc1cc(Cl)c(F)c(Cl)c1. The van der Waals surface area contributed by atoms with E-state index in [2.05, 4.69) is 5.32 Å². The number of halogens is 4. The van der Waals surface area contributed by atoms with Crippen LogP contribution in [0.3, 0.4) is 0 Å². The first-order chi connectivity index (χ1) is 9.68. The van der Waals surface area contributed by atoms with Gasteiger partial charge in [-0.3, -0.25) is 0 Å². The summed E-state index contributed by atoms with van der Waals surface area (Å²) in [5, 5.41) is 2.79. The van der Waals surface area contributed by atoms with Gasteiger partial charge >= 0.3 is 0 Å². The fourth-order valence-corrected chi connectivity index (χ4v) is 3.04. The van der Waals surface area contributed by atoms with Gasteiger partial charge in [0.2, 0.25) is 0 Å². The van der Waals surface area contributed by atoms with Crippen molar-refractivity contribution >= 4 is 48.6 Å². The summed E-state index contributed by atoms with van der Waals surface area (Å²) in [7, 11) is 3.19. The van der Waals surface area contributed by atoms with Crippen molar-refractivity contribution in [3.63, 3.8) is 0 Å². The van der Waals surface area contributed by atoms with Crippen molar-refractivity contribution in [1.82, 2.24) is 4.57 Å². The van der Waals surface area contributed by atoms with Crippen LogP contribution < -0.4 is 5.32 Å². The molecule has 0 fully saturated rings. The van der Waals surface area contributed by atoms with Crippen LogP contribution in [-0.2, 0) is 22.6 Å². The molecule has 0 aliphatic carbocycles. The molecule has 114 valence electrons. The van der Waals surface area contributed by atoms with Crippen LogP contribution >= 0.6 is 33.9 Å². The lowest BCUT2D eigenvalue weighted by Crippen LogP contribution is -2.04. The van der Waals surface area contributed by atoms with Gasteiger partial charge in [0.1, 0.15) is 4.90 Å². The number of rotatable bonds is 4. The molecule has 4 nitrogen and oxygen atoms in total. The molecule has 1 aromatic heterocycles. The van der Waals surface area contributed by atoms with E-state index in [-0.39, 0.29) is 14.9 Å². The molecular formula is C12H10Cl3FN2O2S. The molecule has 1 heterocycles. The standard InChI is InChI=1S/C12H10Cl3FN2O2S/c1-18-6-9(21(15,19)20)4-8(18)5-17-7-2-10(13)12(16)11(14)3-7/h2-4,6,17H,5H2,1H3. The molecule has 2 rings (SSSR count). The Morgan fingerprint density at radius 1 is 1.24 bits per heavy atom. The van der Waals surface area contributed by atoms with Crippen molar-refractivity contribution in [1.29, 1.82) is 0 Å². The van der Waals surface area contributed by atoms with Crippen LogP contribution in [0.5, 0.6) is 0 Å². The van der Waals surface area contributed by atoms with Crippen molar-refractivity contribution in [2.75, 3.05) is 5.32 Å². The zero-order valence-corrected chi connectivity index (χ0v) is 13.8. The number of nitrogens with zero attached hydrogens (tertiary/aromatic N) is 1. The van der Waals surface area contributed by atoms with Crippen LogP contribution in [0.2, 0.25) is 10.0 Å². The molecule has 0 atom stereocenters. The Hall–Kier alpha value is -0.950. The lowest BCUT2D eigenvalue weighted by Gasteiger charge is -2.09. The van der Waals surface area contributed by atoms with Gasteiger partial charge in [-0.2, -0.15) is 0 Å². The van der Waals surface area contributed by atoms with Crippen molar-refractivity contribution in [2.45, 2.75) is 11.4 Å². The second-order valence-electron chi connectivity index (χ2n) is 4.32. The summed E-state index contributed by atoms with van der Waals surface area (Å²) in [4.78, 5) is 0.0126. The summed E-state index contributed by atoms with van der Waals surface area (Å²) in [5.74, 6) is -0.682. The van der Waals surface area contributed by atoms with Gasteiger partial charge in [0, 0.05) is 35.3 Å². The molecule has 0 unspecified atom stereocenters. The molecule has 0 saturated heterocycles. The average molecular weight is 372 g/mol. The summed E-state index contributed by atoms with van der Waals surface area (Å²) >= 11 is 11.4. The smallest absolute Gasteiger partial charge is 0.262 e. The largest absolute Gasteiger partial charge is 0.379 e. The molecule has 0 radical (unpaired) electrons. The Bertz CT molecular complexity index is 767. The number of hydrogen-bond acceptors (Lipinski definition) is 3. The topological polar surface area (TPSA) is 51.1 Å². The van der Waals surface area contributed by atoms with E-state index in [1.165, 1.54) is 24.4 Å². The average Bonchev–Trinajstić information content (AvgIpc) is 2.74. The van der Waals surface area contributed by atoms with Crippen LogP contribution in [-0.4, -0.2) is 13.0 Å². The molecule has 0 spiro atoms. The summed E-state index contributed by atoms with van der Waals surface area (Å²) < 4.78 is 37.4. The quantitative estimate of drug-likeness (QED) is 0.652. The van der Waals surface area contributed by atoms with E-state index >= 15 is 0 Å². The van der Waals surface area contributed by atoms with Crippen LogP contribution in [0.1, 0.15) is 5.69 Å². The Morgan fingerprint density at radius 2 is 1.81 bits per heavy atom. The van der Waals surface area contributed by atoms with Gasteiger partial charge in [-0.1, -0.05) is 23.2 Å². The molecule has 0 saturated carbocycles. The number of hydrogen-bond donors (Lipinski definition) is 1. The zero-order chi connectivity index (χ0) is 15.8. The van der Waals surface area contributed by atoms with Gasteiger partial charge in [0.25, 0.3) is 9.05 Å². The highest BCUT2D eigenvalue weighted by atomic mass is 35.7. The maximum absolute atomic E-state index is 13.3. The number of aromatic nitrogens is 1. The number of aryl methyl sites for hydroxylation is 1. The van der Waals surface area contributed by atoms with Crippen molar-refractivity contribution in [2.24, 2.45) is 7.05 Å². The third kappa shape index (κ3) is 3.83. The predicted octanol–water partition coefficient (Wildman–Crippen LogP) is 4.01. The highest BCUT2D eigenvalue weighted by Crippen LogP contribution is 2.27. The number of nitrogens with one attached hydrogen (secondary N) is 1. The van der Waals surface area contributed by atoms with Crippen molar-refractivity contribution in [3.8, 4) is 0 Å². The Balaban J connectivity index is 2.19. The minimum atomic E-state index is -3.77. The second-order valence-corrected chi connectivity index (χ2v) is 7.70. The Labute approximate surface area is 135 Å². The molecule has 0 aliphatic heterocycles. The van der Waals surface area contributed by atoms with Crippen LogP contribution in [0.25, 0.3) is 0 Å². The van der Waals surface area contributed by atoms with Gasteiger partial charge in [-0.25, -0.2) is 12.8 Å². The zero-order valence-electron chi connectivity index (χ0n) is 10.7. The van der Waals surface area contributed by atoms with Crippen LogP contribution in [0.15, 0.2) is 29.3 Å². The predicted molar refractivity (Wildman–Crippen MR) is 82.2 cm³/mol. The van der Waals surface area contributed by atoms with Crippen LogP contribution in [0, 0.1) is 5.82 Å². The summed E-state index contributed by atoms with van der Waals surface area (Å²) in [6, 6.07) is 4.23. The van der Waals surface area contributed by atoms with E-state index in [0.29, 0.717) is 17.9 Å². The van der Waals surface area contributed by atoms with E-state index < -0.39 is 14.9 Å². The molecule has 0 aliphatic rings. The van der Waals surface area contributed by atoms with E-state index in [0.717, 1.165) is 0 Å². The number of benzene rings is 1. The molecule has 1 N–H and O–H groups in total. The molecule has 1 aromatic carbocycles. The number of anilines is 1. The van der Waals surface area contributed by atoms with E-state index in [1.807, 2.05) is 0 Å². The van der Waals surface area contributed by atoms with Gasteiger partial charge in [-0.15, -0.1) is 0 Å². The van der Waals surface area contributed by atoms with Gasteiger partial charge < -0.3 is 9.88 Å². The monoisotopic (exact) mass is 370 g/mol. The third-order valence-corrected chi connectivity index (χ3v) is 4.69. The van der Waals surface area contributed by atoms with Gasteiger partial charge in [0.05, 0.1) is 16.6 Å². The second kappa shape index (κ2) is 6.04. The molecule has 9 heteroatoms. The minimum absolute atomic E-state index is 0.0126. The highest BCUT2D eigenvalue weighted by molar-refractivity contribution is 8.13. The lowest BCUT2D eigenvalue weighted by molar-refractivity contribution is 0.609.